The van der Waals surface area contributed by atoms with Crippen molar-refractivity contribution in [3.05, 3.63) is 59.2 Å². The Balaban J connectivity index is 2.44. The van der Waals surface area contributed by atoms with Gasteiger partial charge in [-0.3, -0.25) is 10.8 Å². The quantitative estimate of drug-likeness (QED) is 0.333. The molecule has 4 nitrogen and oxygen atoms in total. The van der Waals surface area contributed by atoms with Crippen LogP contribution >= 0.6 is 0 Å². The van der Waals surface area contributed by atoms with Crippen LogP contribution in [0, 0.1) is 10.8 Å². The Morgan fingerprint density at radius 2 is 1.66 bits per heavy atom. The summed E-state index contributed by atoms with van der Waals surface area (Å²) in [6, 6.07) is 6.57. The van der Waals surface area contributed by atoms with Crippen LogP contribution < -0.4 is 0 Å². The highest BCUT2D eigenvalue weighted by atomic mass is 19.4. The van der Waals surface area contributed by atoms with E-state index >= 15 is 0 Å². The van der Waals surface area contributed by atoms with Gasteiger partial charge in [-0.15, -0.1) is 0 Å². The van der Waals surface area contributed by atoms with E-state index in [4.69, 9.17) is 15.6 Å². The molecule has 0 amide bonds. The molecule has 0 aliphatic rings. The van der Waals surface area contributed by atoms with E-state index in [1.54, 1.807) is 0 Å². The maximum absolute atomic E-state index is 13.4. The molecule has 3 N–H and O–H groups in total. The highest BCUT2D eigenvalue weighted by molar-refractivity contribution is 5.87. The largest absolute Gasteiger partial charge is 0.430 e. The van der Waals surface area contributed by atoms with Crippen LogP contribution in [0.15, 0.2) is 42.5 Å². The number of benzene rings is 2. The molecule has 0 saturated heterocycles. The minimum absolute atomic E-state index is 0.0433. The monoisotopic (exact) mass is 418 g/mol. The number of hydrogen-bond acceptors (Lipinski definition) is 4. The van der Waals surface area contributed by atoms with Gasteiger partial charge in [-0.05, 0) is 34.9 Å². The Morgan fingerprint density at radius 3 is 2.21 bits per heavy atom. The van der Waals surface area contributed by atoms with Gasteiger partial charge in [0.1, 0.15) is 0 Å². The summed E-state index contributed by atoms with van der Waals surface area (Å²) in [5.41, 5.74) is -3.24. The van der Waals surface area contributed by atoms with E-state index in [0.29, 0.717) is 6.07 Å². The van der Waals surface area contributed by atoms with Crippen molar-refractivity contribution >= 4 is 11.8 Å². The van der Waals surface area contributed by atoms with Gasteiger partial charge in [-0.1, -0.05) is 24.3 Å². The number of rotatable bonds is 4. The summed E-state index contributed by atoms with van der Waals surface area (Å²) in [6.07, 6.45) is -11.6. The lowest BCUT2D eigenvalue weighted by atomic mass is 9.94. The number of aliphatic hydroxyl groups is 1. The molecule has 156 valence electrons. The molecule has 0 aromatic heterocycles. The summed E-state index contributed by atoms with van der Waals surface area (Å²) in [6.45, 7) is 1.28. The third kappa shape index (κ3) is 5.80. The maximum Gasteiger partial charge on any atom is 0.417 e. The van der Waals surface area contributed by atoms with Crippen LogP contribution in [0.25, 0.3) is 11.1 Å². The van der Waals surface area contributed by atoms with E-state index < -0.39 is 41.0 Å². The Labute approximate surface area is 161 Å². The van der Waals surface area contributed by atoms with E-state index in [1.807, 2.05) is 0 Å². The highest BCUT2D eigenvalue weighted by Crippen LogP contribution is 2.41. The van der Waals surface area contributed by atoms with E-state index in [1.165, 1.54) is 31.2 Å². The van der Waals surface area contributed by atoms with Crippen LogP contribution in [0.3, 0.4) is 0 Å². The summed E-state index contributed by atoms with van der Waals surface area (Å²) in [5.74, 6) is -0.684. The van der Waals surface area contributed by atoms with Crippen LogP contribution in [-0.4, -0.2) is 16.9 Å². The number of halogens is 6. The van der Waals surface area contributed by atoms with Gasteiger partial charge in [0.25, 0.3) is 0 Å². The molecule has 2 aromatic rings. The van der Waals surface area contributed by atoms with E-state index in [2.05, 4.69) is 0 Å². The first-order valence-corrected chi connectivity index (χ1v) is 8.16. The first-order chi connectivity index (χ1) is 13.3. The third-order valence-corrected chi connectivity index (χ3v) is 3.89. The molecule has 0 aliphatic heterocycles. The molecule has 0 saturated carbocycles. The number of ether oxygens (including phenoxy) is 1. The average molecular weight is 418 g/mol. The predicted octanol–water partition coefficient (Wildman–Crippen LogP) is 5.81. The molecule has 0 heterocycles. The minimum atomic E-state index is -5.03. The molecule has 1 unspecified atom stereocenters. The van der Waals surface area contributed by atoms with Crippen molar-refractivity contribution in [2.45, 2.75) is 31.8 Å². The zero-order valence-corrected chi connectivity index (χ0v) is 14.9. The van der Waals surface area contributed by atoms with Crippen molar-refractivity contribution in [2.24, 2.45) is 0 Å². The summed E-state index contributed by atoms with van der Waals surface area (Å²) in [7, 11) is 0. The summed E-state index contributed by atoms with van der Waals surface area (Å²) >= 11 is 0. The summed E-state index contributed by atoms with van der Waals surface area (Å²) in [5, 5.41) is 24.9. The topological polar surface area (TPSA) is 77.2 Å². The fourth-order valence-electron chi connectivity index (χ4n) is 2.64. The smallest absolute Gasteiger partial charge is 0.417 e. The molecule has 29 heavy (non-hydrogen) atoms. The lowest BCUT2D eigenvalue weighted by Gasteiger charge is -2.17. The Bertz CT molecular complexity index is 922. The van der Waals surface area contributed by atoms with Crippen molar-refractivity contribution in [1.82, 2.24) is 0 Å². The van der Waals surface area contributed by atoms with Gasteiger partial charge in [-0.25, -0.2) is 0 Å². The van der Waals surface area contributed by atoms with Crippen molar-refractivity contribution in [3.63, 3.8) is 0 Å². The van der Waals surface area contributed by atoms with Crippen LogP contribution in [0.2, 0.25) is 0 Å². The van der Waals surface area contributed by atoms with Gasteiger partial charge in [0.2, 0.25) is 0 Å². The number of alkyl halides is 6. The van der Waals surface area contributed by atoms with Gasteiger partial charge < -0.3 is 9.84 Å². The molecule has 0 spiro atoms. The first kappa shape index (κ1) is 22.4. The zero-order valence-electron chi connectivity index (χ0n) is 14.9. The molecule has 2 rings (SSSR count). The number of hydrogen-bond donors (Lipinski definition) is 3. The van der Waals surface area contributed by atoms with E-state index in [9.17, 15) is 31.4 Å². The van der Waals surface area contributed by atoms with E-state index in [0.717, 1.165) is 6.07 Å². The lowest BCUT2D eigenvalue weighted by Crippen LogP contribution is -2.13. The Morgan fingerprint density at radius 1 is 1.00 bits per heavy atom. The Kier molecular flexibility index (Phi) is 6.37. The SMILES string of the molecule is CC(=N)OC(=N)CC(O)c1cccc(-c2ccc(C(F)(F)F)cc2C(F)(F)F)c1. The second kappa shape index (κ2) is 8.24. The van der Waals surface area contributed by atoms with Crippen LogP contribution in [-0.2, 0) is 17.1 Å². The zero-order chi connectivity index (χ0) is 22.0. The van der Waals surface area contributed by atoms with Crippen LogP contribution in [0.4, 0.5) is 26.3 Å². The Hall–Kier alpha value is -2.88. The second-order valence-corrected chi connectivity index (χ2v) is 6.18. The molecule has 0 radical (unpaired) electrons. The normalized spacial score (nSPS) is 13.1. The van der Waals surface area contributed by atoms with Gasteiger partial charge >= 0.3 is 12.4 Å². The molecule has 1 atom stereocenters. The van der Waals surface area contributed by atoms with Crippen LogP contribution in [0.1, 0.15) is 36.1 Å². The minimum Gasteiger partial charge on any atom is -0.430 e. The predicted molar refractivity (Wildman–Crippen MR) is 93.7 cm³/mol. The lowest BCUT2D eigenvalue weighted by molar-refractivity contribution is -0.142. The summed E-state index contributed by atoms with van der Waals surface area (Å²) < 4.78 is 83.3. The fraction of sp³-hybridized carbons (Fsp3) is 0.263. The third-order valence-electron chi connectivity index (χ3n) is 3.89. The van der Waals surface area contributed by atoms with Crippen molar-refractivity contribution < 1.29 is 36.2 Å². The first-order valence-electron chi connectivity index (χ1n) is 8.16. The second-order valence-electron chi connectivity index (χ2n) is 6.18. The van der Waals surface area contributed by atoms with Gasteiger partial charge in [-0.2, -0.15) is 26.3 Å². The molecule has 0 fully saturated rings. The number of nitrogens with one attached hydrogen (secondary N) is 2. The molecular weight excluding hydrogens is 402 g/mol. The molecule has 2 aromatic carbocycles. The van der Waals surface area contributed by atoms with Gasteiger partial charge in [0.15, 0.2) is 11.8 Å². The van der Waals surface area contributed by atoms with Crippen LogP contribution in [0.5, 0.6) is 0 Å². The highest BCUT2D eigenvalue weighted by Gasteiger charge is 2.38. The van der Waals surface area contributed by atoms with Gasteiger partial charge in [0, 0.05) is 6.92 Å². The van der Waals surface area contributed by atoms with Gasteiger partial charge in [0.05, 0.1) is 23.7 Å². The fourth-order valence-corrected chi connectivity index (χ4v) is 2.64. The standard InChI is InChI=1S/C19H16F6N2O2/c1-10(26)29-17(27)9-16(28)12-4-2-3-11(7-12)14-6-5-13(18(20,21)22)8-15(14)19(23,24)25/h2-8,16,26-28H,9H2,1H3. The van der Waals surface area contributed by atoms with E-state index in [-0.39, 0.29) is 29.5 Å². The molecule has 0 bridgehead atoms. The molecule has 0 aliphatic carbocycles. The molecule has 10 heteroatoms. The van der Waals surface area contributed by atoms with Crippen molar-refractivity contribution in [2.75, 3.05) is 0 Å². The number of aliphatic hydroxyl groups excluding tert-OH is 1. The average Bonchev–Trinajstić information content (AvgIpc) is 2.59. The summed E-state index contributed by atoms with van der Waals surface area (Å²) in [4.78, 5) is 0. The van der Waals surface area contributed by atoms with Crippen molar-refractivity contribution in [3.8, 4) is 11.1 Å². The van der Waals surface area contributed by atoms with Crippen molar-refractivity contribution in [1.29, 1.82) is 10.8 Å². The molecular formula is C19H16F6N2O2. The maximum atomic E-state index is 13.4.